The van der Waals surface area contributed by atoms with E-state index in [9.17, 15) is 0 Å². The Morgan fingerprint density at radius 2 is 1.89 bits per heavy atom. The molecule has 0 aliphatic rings. The average Bonchev–Trinajstić information content (AvgIpc) is 2.70. The number of hydrogen-bond acceptors (Lipinski definition) is 1. The van der Waals surface area contributed by atoms with E-state index in [0.717, 1.165) is 22.3 Å². The van der Waals surface area contributed by atoms with Gasteiger partial charge in [0.25, 0.3) is 0 Å². The molecule has 1 heterocycles. The van der Waals surface area contributed by atoms with Crippen LogP contribution in [0.2, 0.25) is 5.02 Å². The molecular formula is C15H13ClN2S. The third-order valence-corrected chi connectivity index (χ3v) is 3.86. The fourth-order valence-corrected chi connectivity index (χ4v) is 2.80. The second-order valence-electron chi connectivity index (χ2n) is 4.67. The van der Waals surface area contributed by atoms with Crippen LogP contribution in [0.25, 0.3) is 16.7 Å². The van der Waals surface area contributed by atoms with E-state index in [1.54, 1.807) is 0 Å². The number of para-hydroxylation sites is 1. The lowest BCUT2D eigenvalue weighted by atomic mass is 10.1. The molecule has 0 saturated carbocycles. The quantitative estimate of drug-likeness (QED) is 0.628. The number of benzene rings is 2. The minimum Gasteiger partial charge on any atom is -0.330 e. The third kappa shape index (κ3) is 1.99. The maximum absolute atomic E-state index is 6.11. The van der Waals surface area contributed by atoms with Crippen molar-refractivity contribution in [3.05, 3.63) is 57.3 Å². The summed E-state index contributed by atoms with van der Waals surface area (Å²) in [5.41, 5.74) is 5.50. The van der Waals surface area contributed by atoms with Crippen LogP contribution in [0.15, 0.2) is 36.4 Å². The molecule has 96 valence electrons. The first-order chi connectivity index (χ1) is 9.08. The maximum atomic E-state index is 6.11. The van der Waals surface area contributed by atoms with Gasteiger partial charge in [-0.2, -0.15) is 0 Å². The Morgan fingerprint density at radius 1 is 1.11 bits per heavy atom. The van der Waals surface area contributed by atoms with Crippen LogP contribution in [0.4, 0.5) is 0 Å². The van der Waals surface area contributed by atoms with Gasteiger partial charge in [0.2, 0.25) is 0 Å². The van der Waals surface area contributed by atoms with Crippen molar-refractivity contribution >= 4 is 34.9 Å². The Kier molecular flexibility index (Phi) is 2.96. The highest BCUT2D eigenvalue weighted by Crippen LogP contribution is 2.26. The van der Waals surface area contributed by atoms with Gasteiger partial charge in [0.15, 0.2) is 4.77 Å². The predicted octanol–water partition coefficient (Wildman–Crippen LogP) is 4.96. The molecule has 1 N–H and O–H groups in total. The molecule has 0 amide bonds. The summed E-state index contributed by atoms with van der Waals surface area (Å²) in [5.74, 6) is 0. The molecule has 0 radical (unpaired) electrons. The number of nitrogens with zero attached hydrogens (tertiary/aromatic N) is 1. The molecule has 19 heavy (non-hydrogen) atoms. The predicted molar refractivity (Wildman–Crippen MR) is 82.9 cm³/mol. The van der Waals surface area contributed by atoms with E-state index < -0.39 is 0 Å². The minimum atomic E-state index is 0.690. The van der Waals surface area contributed by atoms with Crippen molar-refractivity contribution in [2.75, 3.05) is 0 Å². The van der Waals surface area contributed by atoms with Gasteiger partial charge in [0.1, 0.15) is 0 Å². The molecule has 0 bridgehead atoms. The number of aromatic amines is 1. The van der Waals surface area contributed by atoms with Crippen LogP contribution in [0.5, 0.6) is 0 Å². The SMILES string of the molecule is Cc1ccc(Cl)cc1-n1c(=S)[nH]c2c(C)cccc21. The topological polar surface area (TPSA) is 20.7 Å². The van der Waals surface area contributed by atoms with Crippen molar-refractivity contribution in [2.45, 2.75) is 13.8 Å². The molecule has 0 aliphatic heterocycles. The molecule has 3 aromatic rings. The average molecular weight is 289 g/mol. The first-order valence-corrected chi connectivity index (χ1v) is 6.83. The number of aryl methyl sites for hydroxylation is 2. The fourth-order valence-electron chi connectivity index (χ4n) is 2.34. The van der Waals surface area contributed by atoms with Crippen LogP contribution in [0.1, 0.15) is 11.1 Å². The molecule has 1 aromatic heterocycles. The number of hydrogen-bond donors (Lipinski definition) is 1. The Balaban J connectivity index is 2.43. The van der Waals surface area contributed by atoms with Crippen molar-refractivity contribution in [1.82, 2.24) is 9.55 Å². The highest BCUT2D eigenvalue weighted by Gasteiger charge is 2.10. The smallest absolute Gasteiger partial charge is 0.182 e. The standard InChI is InChI=1S/C15H13ClN2S/c1-9-6-7-11(16)8-13(9)18-12-5-3-4-10(2)14(12)17-15(18)19/h3-8H,1-2H3,(H,17,19). The zero-order valence-electron chi connectivity index (χ0n) is 10.7. The number of fused-ring (bicyclic) bond motifs is 1. The number of halogens is 1. The molecular weight excluding hydrogens is 276 g/mol. The highest BCUT2D eigenvalue weighted by atomic mass is 35.5. The summed E-state index contributed by atoms with van der Waals surface area (Å²) in [6, 6.07) is 12.0. The Hall–Kier alpha value is -1.58. The summed E-state index contributed by atoms with van der Waals surface area (Å²) in [4.78, 5) is 3.28. The van der Waals surface area contributed by atoms with Gasteiger partial charge < -0.3 is 4.98 Å². The van der Waals surface area contributed by atoms with Crippen LogP contribution in [0.3, 0.4) is 0 Å². The molecule has 0 unspecified atom stereocenters. The second-order valence-corrected chi connectivity index (χ2v) is 5.49. The van der Waals surface area contributed by atoms with Crippen LogP contribution < -0.4 is 0 Å². The van der Waals surface area contributed by atoms with Crippen LogP contribution >= 0.6 is 23.8 Å². The van der Waals surface area contributed by atoms with Gasteiger partial charge >= 0.3 is 0 Å². The van der Waals surface area contributed by atoms with E-state index in [-0.39, 0.29) is 0 Å². The molecule has 4 heteroatoms. The molecule has 0 aliphatic carbocycles. The number of rotatable bonds is 1. The molecule has 0 fully saturated rings. The van der Waals surface area contributed by atoms with Crippen LogP contribution in [0, 0.1) is 18.6 Å². The van der Waals surface area contributed by atoms with E-state index in [1.165, 1.54) is 5.56 Å². The largest absolute Gasteiger partial charge is 0.330 e. The molecule has 0 atom stereocenters. The number of imidazole rings is 1. The molecule has 0 saturated heterocycles. The van der Waals surface area contributed by atoms with Crippen molar-refractivity contribution in [2.24, 2.45) is 0 Å². The Morgan fingerprint density at radius 3 is 2.68 bits per heavy atom. The summed E-state index contributed by atoms with van der Waals surface area (Å²) in [6.07, 6.45) is 0. The minimum absolute atomic E-state index is 0.690. The number of nitrogens with one attached hydrogen (secondary N) is 1. The molecule has 2 nitrogen and oxygen atoms in total. The zero-order valence-corrected chi connectivity index (χ0v) is 12.3. The first kappa shape index (κ1) is 12.5. The summed E-state index contributed by atoms with van der Waals surface area (Å²) < 4.78 is 2.73. The van der Waals surface area contributed by atoms with Gasteiger partial charge in [0.05, 0.1) is 16.7 Å². The van der Waals surface area contributed by atoms with E-state index in [2.05, 4.69) is 31.0 Å². The van der Waals surface area contributed by atoms with Gasteiger partial charge in [-0.1, -0.05) is 29.8 Å². The van der Waals surface area contributed by atoms with Crippen LogP contribution in [-0.2, 0) is 0 Å². The van der Waals surface area contributed by atoms with Gasteiger partial charge in [-0.25, -0.2) is 0 Å². The summed E-state index contributed by atoms with van der Waals surface area (Å²) in [5, 5.41) is 0.713. The highest BCUT2D eigenvalue weighted by molar-refractivity contribution is 7.71. The lowest BCUT2D eigenvalue weighted by Gasteiger charge is -2.09. The van der Waals surface area contributed by atoms with Gasteiger partial charge in [-0.05, 0) is 55.4 Å². The number of H-pyrrole nitrogens is 1. The fraction of sp³-hybridized carbons (Fsp3) is 0.133. The monoisotopic (exact) mass is 288 g/mol. The maximum Gasteiger partial charge on any atom is 0.182 e. The van der Waals surface area contributed by atoms with Crippen molar-refractivity contribution in [3.63, 3.8) is 0 Å². The molecule has 3 rings (SSSR count). The normalized spacial score (nSPS) is 11.1. The number of aromatic nitrogens is 2. The van der Waals surface area contributed by atoms with Gasteiger partial charge in [-0.15, -0.1) is 0 Å². The summed E-state index contributed by atoms with van der Waals surface area (Å²) in [7, 11) is 0. The third-order valence-electron chi connectivity index (χ3n) is 3.34. The van der Waals surface area contributed by atoms with E-state index >= 15 is 0 Å². The van der Waals surface area contributed by atoms with Crippen molar-refractivity contribution in [3.8, 4) is 5.69 Å². The summed E-state index contributed by atoms with van der Waals surface area (Å²) in [6.45, 7) is 4.13. The molecule has 2 aromatic carbocycles. The van der Waals surface area contributed by atoms with E-state index in [0.29, 0.717) is 9.79 Å². The van der Waals surface area contributed by atoms with Crippen LogP contribution in [-0.4, -0.2) is 9.55 Å². The Bertz CT molecular complexity index is 830. The van der Waals surface area contributed by atoms with Crippen molar-refractivity contribution < 1.29 is 0 Å². The van der Waals surface area contributed by atoms with E-state index in [1.807, 2.05) is 28.8 Å². The molecule has 0 spiro atoms. The van der Waals surface area contributed by atoms with Gasteiger partial charge in [0, 0.05) is 5.02 Å². The lowest BCUT2D eigenvalue weighted by Crippen LogP contribution is -1.97. The zero-order chi connectivity index (χ0) is 13.6. The summed E-state index contributed by atoms with van der Waals surface area (Å²) >= 11 is 11.6. The van der Waals surface area contributed by atoms with E-state index in [4.69, 9.17) is 23.8 Å². The van der Waals surface area contributed by atoms with Crippen molar-refractivity contribution in [1.29, 1.82) is 0 Å². The second kappa shape index (κ2) is 4.51. The van der Waals surface area contributed by atoms with Gasteiger partial charge in [-0.3, -0.25) is 4.57 Å². The Labute approximate surface area is 121 Å². The first-order valence-electron chi connectivity index (χ1n) is 6.05. The lowest BCUT2D eigenvalue weighted by molar-refractivity contribution is 1.05.